The van der Waals surface area contributed by atoms with Crippen molar-refractivity contribution >= 4 is 22.3 Å². The van der Waals surface area contributed by atoms with Gasteiger partial charge in [-0.3, -0.25) is 19.8 Å². The molecule has 1 aromatic rings. The summed E-state index contributed by atoms with van der Waals surface area (Å²) in [5, 5.41) is 19.6. The molecule has 1 aliphatic heterocycles. The summed E-state index contributed by atoms with van der Waals surface area (Å²) in [7, 11) is 0. The smallest absolute Gasteiger partial charge is 0.324 e. The molecule has 0 saturated carbocycles. The van der Waals surface area contributed by atoms with E-state index in [9.17, 15) is 14.9 Å². The molecular weight excluding hydrogens is 268 g/mol. The van der Waals surface area contributed by atoms with Crippen molar-refractivity contribution < 1.29 is 14.8 Å². The molecule has 0 spiro atoms. The summed E-state index contributed by atoms with van der Waals surface area (Å²) < 4.78 is 0. The Labute approximate surface area is 114 Å². The number of carboxylic acids is 1. The van der Waals surface area contributed by atoms with Crippen LogP contribution in [0.2, 0.25) is 0 Å². The van der Waals surface area contributed by atoms with Crippen molar-refractivity contribution in [2.75, 3.05) is 13.1 Å². The fourth-order valence-electron chi connectivity index (χ4n) is 2.48. The van der Waals surface area contributed by atoms with Gasteiger partial charge in [0.1, 0.15) is 0 Å². The van der Waals surface area contributed by atoms with Crippen LogP contribution in [0.25, 0.3) is 0 Å². The molecule has 0 amide bonds. The number of nitrogens with zero attached hydrogens (tertiary/aromatic N) is 2. The van der Waals surface area contributed by atoms with Gasteiger partial charge >= 0.3 is 11.0 Å². The van der Waals surface area contributed by atoms with E-state index in [1.807, 2.05) is 0 Å². The fourth-order valence-corrected chi connectivity index (χ4v) is 3.34. The maximum atomic E-state index is 10.7. The van der Waals surface area contributed by atoms with Crippen molar-refractivity contribution in [3.8, 4) is 0 Å². The molecule has 2 rings (SSSR count). The van der Waals surface area contributed by atoms with Crippen LogP contribution in [0.15, 0.2) is 12.1 Å². The third kappa shape index (κ3) is 4.00. The Morgan fingerprint density at radius 3 is 3.00 bits per heavy atom. The zero-order valence-electron chi connectivity index (χ0n) is 10.4. The van der Waals surface area contributed by atoms with Crippen LogP contribution in [0.3, 0.4) is 0 Å². The number of hydrogen-bond donors (Lipinski definition) is 1. The number of rotatable bonds is 5. The van der Waals surface area contributed by atoms with Gasteiger partial charge < -0.3 is 5.11 Å². The van der Waals surface area contributed by atoms with Gasteiger partial charge in [-0.2, -0.15) is 0 Å². The highest BCUT2D eigenvalue weighted by Gasteiger charge is 2.22. The van der Waals surface area contributed by atoms with Crippen LogP contribution >= 0.6 is 11.3 Å². The lowest BCUT2D eigenvalue weighted by Crippen LogP contribution is -2.35. The summed E-state index contributed by atoms with van der Waals surface area (Å²) in [6.45, 7) is 2.37. The molecular formula is C12H16N2O4S. The number of carboxylic acid groups (broad SMARTS) is 1. The van der Waals surface area contributed by atoms with Gasteiger partial charge in [0.15, 0.2) is 0 Å². The van der Waals surface area contributed by atoms with Crippen LogP contribution < -0.4 is 0 Å². The Bertz CT molecular complexity index is 474. The van der Waals surface area contributed by atoms with Crippen molar-refractivity contribution in [2.24, 2.45) is 5.92 Å². The number of piperidine rings is 1. The van der Waals surface area contributed by atoms with E-state index in [-0.39, 0.29) is 22.3 Å². The zero-order chi connectivity index (χ0) is 13.8. The van der Waals surface area contributed by atoms with Gasteiger partial charge in [0.25, 0.3) is 0 Å². The number of likely N-dealkylation sites (tertiary alicyclic amines) is 1. The van der Waals surface area contributed by atoms with E-state index < -0.39 is 5.97 Å². The zero-order valence-corrected chi connectivity index (χ0v) is 11.3. The predicted octanol–water partition coefficient (Wildman–Crippen LogP) is 2.34. The minimum absolute atomic E-state index is 0.161. The van der Waals surface area contributed by atoms with E-state index in [0.717, 1.165) is 30.8 Å². The van der Waals surface area contributed by atoms with E-state index in [1.165, 1.54) is 17.4 Å². The molecule has 1 N–H and O–H groups in total. The van der Waals surface area contributed by atoms with E-state index in [2.05, 4.69) is 4.90 Å². The molecule has 7 heteroatoms. The molecule has 0 radical (unpaired) electrons. The Kier molecular flexibility index (Phi) is 4.49. The summed E-state index contributed by atoms with van der Waals surface area (Å²) >= 11 is 1.19. The lowest BCUT2D eigenvalue weighted by Gasteiger charge is -2.31. The first-order chi connectivity index (χ1) is 9.04. The van der Waals surface area contributed by atoms with E-state index in [0.29, 0.717) is 6.54 Å². The van der Waals surface area contributed by atoms with Gasteiger partial charge in [0.05, 0.1) is 4.92 Å². The average Bonchev–Trinajstić information content (AvgIpc) is 2.77. The Morgan fingerprint density at radius 2 is 2.37 bits per heavy atom. The third-order valence-electron chi connectivity index (χ3n) is 3.27. The van der Waals surface area contributed by atoms with Gasteiger partial charge in [-0.15, -0.1) is 0 Å². The predicted molar refractivity (Wildman–Crippen MR) is 71.2 cm³/mol. The molecule has 104 valence electrons. The molecule has 6 nitrogen and oxygen atoms in total. The molecule has 1 unspecified atom stereocenters. The first kappa shape index (κ1) is 14.0. The molecule has 1 aliphatic rings. The maximum Gasteiger partial charge on any atom is 0.324 e. The summed E-state index contributed by atoms with van der Waals surface area (Å²) in [6.07, 6.45) is 2.15. The van der Waals surface area contributed by atoms with E-state index in [4.69, 9.17) is 5.11 Å². The van der Waals surface area contributed by atoms with Crippen molar-refractivity contribution in [3.05, 3.63) is 27.1 Å². The molecule has 0 bridgehead atoms. The second-order valence-electron chi connectivity index (χ2n) is 4.84. The van der Waals surface area contributed by atoms with Gasteiger partial charge in [-0.25, -0.2) is 0 Å². The van der Waals surface area contributed by atoms with Gasteiger partial charge in [-0.05, 0) is 31.4 Å². The van der Waals surface area contributed by atoms with Crippen LogP contribution in [0.4, 0.5) is 5.00 Å². The Hall–Kier alpha value is -1.47. The first-order valence-corrected chi connectivity index (χ1v) is 7.03. The molecule has 0 aliphatic carbocycles. The lowest BCUT2D eigenvalue weighted by atomic mass is 9.95. The van der Waals surface area contributed by atoms with E-state index in [1.54, 1.807) is 6.07 Å². The number of nitro groups is 1. The van der Waals surface area contributed by atoms with Crippen molar-refractivity contribution in [3.63, 3.8) is 0 Å². The van der Waals surface area contributed by atoms with E-state index >= 15 is 0 Å². The molecule has 1 fully saturated rings. The summed E-state index contributed by atoms with van der Waals surface area (Å²) in [4.78, 5) is 24.1. The number of carbonyl (C=O) groups is 1. The third-order valence-corrected chi connectivity index (χ3v) is 4.29. The molecule has 19 heavy (non-hydrogen) atoms. The molecule has 1 atom stereocenters. The Morgan fingerprint density at radius 1 is 1.58 bits per heavy atom. The number of aliphatic carboxylic acids is 1. The monoisotopic (exact) mass is 284 g/mol. The molecule has 1 saturated heterocycles. The second-order valence-corrected chi connectivity index (χ2v) is 5.99. The quantitative estimate of drug-likeness (QED) is 0.662. The lowest BCUT2D eigenvalue weighted by molar-refractivity contribution is -0.380. The van der Waals surface area contributed by atoms with Crippen LogP contribution in [0.5, 0.6) is 0 Å². The molecule has 0 aromatic carbocycles. The van der Waals surface area contributed by atoms with Crippen molar-refractivity contribution in [1.29, 1.82) is 0 Å². The normalized spacial score (nSPS) is 20.3. The maximum absolute atomic E-state index is 10.7. The standard InChI is InChI=1S/C12H16N2O4S/c15-12(16)6-9-2-1-5-13(7-9)8-10-3-4-11(19-10)14(17)18/h3-4,9H,1-2,5-8H2,(H,15,16). The van der Waals surface area contributed by atoms with Gasteiger partial charge in [-0.1, -0.05) is 11.3 Å². The highest BCUT2D eigenvalue weighted by Crippen LogP contribution is 2.27. The number of thiophene rings is 1. The highest BCUT2D eigenvalue weighted by atomic mass is 32.1. The van der Waals surface area contributed by atoms with Crippen molar-refractivity contribution in [1.82, 2.24) is 4.90 Å². The summed E-state index contributed by atoms with van der Waals surface area (Å²) in [6, 6.07) is 3.31. The second kappa shape index (κ2) is 6.12. The average molecular weight is 284 g/mol. The van der Waals surface area contributed by atoms with Crippen LogP contribution in [0.1, 0.15) is 24.1 Å². The van der Waals surface area contributed by atoms with Gasteiger partial charge in [0, 0.05) is 30.5 Å². The first-order valence-electron chi connectivity index (χ1n) is 6.22. The van der Waals surface area contributed by atoms with Crippen LogP contribution in [-0.2, 0) is 11.3 Å². The van der Waals surface area contributed by atoms with Crippen LogP contribution in [0, 0.1) is 16.0 Å². The minimum atomic E-state index is -0.751. The minimum Gasteiger partial charge on any atom is -0.481 e. The SMILES string of the molecule is O=C(O)CC1CCCN(Cc2ccc([N+](=O)[O-])s2)C1. The Balaban J connectivity index is 1.90. The van der Waals surface area contributed by atoms with Crippen LogP contribution in [-0.4, -0.2) is 34.0 Å². The van der Waals surface area contributed by atoms with Crippen molar-refractivity contribution in [2.45, 2.75) is 25.8 Å². The molecule has 1 aromatic heterocycles. The summed E-state index contributed by atoms with van der Waals surface area (Å²) in [5.41, 5.74) is 0. The fraction of sp³-hybridized carbons (Fsp3) is 0.583. The van der Waals surface area contributed by atoms with Gasteiger partial charge in [0.2, 0.25) is 0 Å². The molecule has 2 heterocycles. The largest absolute Gasteiger partial charge is 0.481 e. The highest BCUT2D eigenvalue weighted by molar-refractivity contribution is 7.15. The topological polar surface area (TPSA) is 83.7 Å². The summed E-state index contributed by atoms with van der Waals surface area (Å²) in [5.74, 6) is -0.556. The number of hydrogen-bond acceptors (Lipinski definition) is 5.